The Hall–Kier alpha value is -3.16. The molecule has 7 heteroatoms. The van der Waals surface area contributed by atoms with E-state index >= 15 is 0 Å². The molecule has 1 aliphatic rings. The molecule has 1 unspecified atom stereocenters. The Kier molecular flexibility index (Phi) is 6.87. The van der Waals surface area contributed by atoms with E-state index in [2.05, 4.69) is 15.2 Å². The molecule has 2 heterocycles. The molecule has 1 saturated heterocycles. The van der Waals surface area contributed by atoms with E-state index in [0.717, 1.165) is 35.0 Å². The number of aromatic nitrogens is 1. The Bertz CT molecular complexity index is 1060. The molecule has 0 aliphatic carbocycles. The Labute approximate surface area is 188 Å². The van der Waals surface area contributed by atoms with Gasteiger partial charge in [0, 0.05) is 51.0 Å². The van der Waals surface area contributed by atoms with Crippen LogP contribution in [-0.4, -0.2) is 72.2 Å². The van der Waals surface area contributed by atoms with Crippen molar-refractivity contribution in [1.29, 1.82) is 0 Å². The number of aliphatic hydroxyl groups is 1. The molecule has 1 fully saturated rings. The summed E-state index contributed by atoms with van der Waals surface area (Å²) in [6.07, 6.45) is 2.16. The average molecular weight is 435 g/mol. The van der Waals surface area contributed by atoms with Gasteiger partial charge in [-0.05, 0) is 41.6 Å². The van der Waals surface area contributed by atoms with Gasteiger partial charge in [-0.15, -0.1) is 0 Å². The van der Waals surface area contributed by atoms with Crippen molar-refractivity contribution in [1.82, 2.24) is 14.8 Å². The monoisotopic (exact) mass is 434 g/mol. The highest BCUT2D eigenvalue weighted by molar-refractivity contribution is 5.89. The predicted octanol–water partition coefficient (Wildman–Crippen LogP) is 2.92. The number of benzene rings is 2. The smallest absolute Gasteiger partial charge is 0.260 e. The third-order valence-corrected chi connectivity index (χ3v) is 6.07. The summed E-state index contributed by atoms with van der Waals surface area (Å²) in [6.45, 7) is 2.04. The van der Waals surface area contributed by atoms with Gasteiger partial charge in [0.2, 0.25) is 5.88 Å². The highest BCUT2D eigenvalue weighted by atomic mass is 16.5. The number of carbonyl (C=O) groups is 1. The summed E-state index contributed by atoms with van der Waals surface area (Å²) in [7, 11) is 3.69. The van der Waals surface area contributed by atoms with E-state index in [4.69, 9.17) is 4.74 Å². The molecule has 0 radical (unpaired) electrons. The van der Waals surface area contributed by atoms with E-state index in [1.54, 1.807) is 11.1 Å². The van der Waals surface area contributed by atoms with Crippen LogP contribution in [0.15, 0.2) is 60.8 Å². The number of hydrogen-bond donors (Lipinski definition) is 2. The highest BCUT2D eigenvalue weighted by Crippen LogP contribution is 2.27. The van der Waals surface area contributed by atoms with Crippen molar-refractivity contribution < 1.29 is 14.6 Å². The fraction of sp³-hybridized carbons (Fsp3) is 0.360. The standard InChI is InChI=1S/C25H30N4O3/c1-26-20-8-9-22-19(14-20)10-12-27-25(22)32-17-24(31)28(2)23(18-6-4-3-5-7-18)16-29-13-11-21(30)15-29/h3-10,12,14,21,23,26,30H,11,13,15-17H2,1-2H3/t21-,23?/m0/s1. The molecule has 32 heavy (non-hydrogen) atoms. The number of anilines is 1. The second-order valence-electron chi connectivity index (χ2n) is 8.22. The number of hydrogen-bond acceptors (Lipinski definition) is 6. The first-order valence-electron chi connectivity index (χ1n) is 11.0. The average Bonchev–Trinajstić information content (AvgIpc) is 3.25. The van der Waals surface area contributed by atoms with Gasteiger partial charge in [-0.3, -0.25) is 9.69 Å². The van der Waals surface area contributed by atoms with E-state index < -0.39 is 0 Å². The number of nitrogens with zero attached hydrogens (tertiary/aromatic N) is 3. The summed E-state index contributed by atoms with van der Waals surface area (Å²) in [5.74, 6) is 0.329. The molecular formula is C25H30N4O3. The molecule has 2 atom stereocenters. The van der Waals surface area contributed by atoms with Crippen LogP contribution in [0, 0.1) is 0 Å². The molecule has 1 aliphatic heterocycles. The molecule has 0 spiro atoms. The molecule has 0 saturated carbocycles. The van der Waals surface area contributed by atoms with Crippen LogP contribution in [0.5, 0.6) is 5.88 Å². The van der Waals surface area contributed by atoms with Crippen molar-refractivity contribution in [2.24, 2.45) is 0 Å². The van der Waals surface area contributed by atoms with Gasteiger partial charge in [0.05, 0.1) is 12.1 Å². The van der Waals surface area contributed by atoms with Crippen LogP contribution in [0.4, 0.5) is 5.69 Å². The number of rotatable bonds is 8. The minimum atomic E-state index is -0.295. The number of amides is 1. The lowest BCUT2D eigenvalue weighted by atomic mass is 10.0. The highest BCUT2D eigenvalue weighted by Gasteiger charge is 2.28. The summed E-state index contributed by atoms with van der Waals surface area (Å²) < 4.78 is 5.87. The van der Waals surface area contributed by atoms with Gasteiger partial charge < -0.3 is 20.1 Å². The molecular weight excluding hydrogens is 404 g/mol. The zero-order valence-electron chi connectivity index (χ0n) is 18.6. The molecule has 2 aromatic carbocycles. The van der Waals surface area contributed by atoms with Crippen molar-refractivity contribution in [2.75, 3.05) is 45.7 Å². The number of likely N-dealkylation sites (N-methyl/N-ethyl adjacent to an activating group) is 1. The molecule has 7 nitrogen and oxygen atoms in total. The van der Waals surface area contributed by atoms with Crippen molar-refractivity contribution in [3.8, 4) is 5.88 Å². The van der Waals surface area contributed by atoms with Gasteiger partial charge in [-0.1, -0.05) is 30.3 Å². The topological polar surface area (TPSA) is 77.9 Å². The number of fused-ring (bicyclic) bond motifs is 1. The van der Waals surface area contributed by atoms with Crippen LogP contribution in [0.2, 0.25) is 0 Å². The van der Waals surface area contributed by atoms with Gasteiger partial charge in [0.25, 0.3) is 5.91 Å². The third kappa shape index (κ3) is 5.00. The van der Waals surface area contributed by atoms with Gasteiger partial charge in [0.15, 0.2) is 6.61 Å². The van der Waals surface area contributed by atoms with Gasteiger partial charge >= 0.3 is 0 Å². The first-order valence-corrected chi connectivity index (χ1v) is 11.0. The first kappa shape index (κ1) is 22.0. The summed E-state index contributed by atoms with van der Waals surface area (Å²) >= 11 is 0. The maximum Gasteiger partial charge on any atom is 0.260 e. The fourth-order valence-electron chi connectivity index (χ4n) is 4.18. The SMILES string of the molecule is CNc1ccc2c(OCC(=O)N(C)C(CN3CC[C@H](O)C3)c3ccccc3)nccc2c1. The van der Waals surface area contributed by atoms with E-state index in [1.165, 1.54) is 0 Å². The number of likely N-dealkylation sites (tertiary alicyclic amines) is 1. The van der Waals surface area contributed by atoms with Crippen molar-refractivity contribution in [2.45, 2.75) is 18.6 Å². The van der Waals surface area contributed by atoms with Gasteiger partial charge in [-0.25, -0.2) is 4.98 Å². The van der Waals surface area contributed by atoms with Crippen molar-refractivity contribution >= 4 is 22.4 Å². The second-order valence-corrected chi connectivity index (χ2v) is 8.22. The second kappa shape index (κ2) is 9.97. The largest absolute Gasteiger partial charge is 0.467 e. The summed E-state index contributed by atoms with van der Waals surface area (Å²) in [4.78, 5) is 21.4. The van der Waals surface area contributed by atoms with Crippen LogP contribution >= 0.6 is 0 Å². The zero-order valence-corrected chi connectivity index (χ0v) is 18.6. The Morgan fingerprint density at radius 1 is 1.28 bits per heavy atom. The molecule has 168 valence electrons. The maximum absolute atomic E-state index is 13.1. The number of ether oxygens (including phenoxy) is 1. The summed E-state index contributed by atoms with van der Waals surface area (Å²) in [6, 6.07) is 17.7. The molecule has 2 N–H and O–H groups in total. The molecule has 4 rings (SSSR count). The normalized spacial score (nSPS) is 17.3. The molecule has 3 aromatic rings. The molecule has 0 bridgehead atoms. The first-order chi connectivity index (χ1) is 15.5. The lowest BCUT2D eigenvalue weighted by molar-refractivity contribution is -0.134. The number of aliphatic hydroxyl groups excluding tert-OH is 1. The number of pyridine rings is 1. The number of nitrogens with one attached hydrogen (secondary N) is 1. The quantitative estimate of drug-likeness (QED) is 0.568. The minimum Gasteiger partial charge on any atom is -0.467 e. The van der Waals surface area contributed by atoms with E-state index in [1.807, 2.05) is 68.7 Å². The van der Waals surface area contributed by atoms with Gasteiger partial charge in [0.1, 0.15) is 0 Å². The minimum absolute atomic E-state index is 0.0949. The van der Waals surface area contributed by atoms with E-state index in [-0.39, 0.29) is 24.7 Å². The van der Waals surface area contributed by atoms with Crippen LogP contribution in [0.25, 0.3) is 10.8 Å². The number of β-amino-alcohol motifs (C(OH)–C–C–N with tert-alkyl or cyclic N) is 1. The van der Waals surface area contributed by atoms with Crippen LogP contribution in [0.1, 0.15) is 18.0 Å². The Morgan fingerprint density at radius 3 is 2.81 bits per heavy atom. The van der Waals surface area contributed by atoms with E-state index in [0.29, 0.717) is 19.0 Å². The van der Waals surface area contributed by atoms with Crippen molar-refractivity contribution in [3.63, 3.8) is 0 Å². The lowest BCUT2D eigenvalue weighted by Gasteiger charge is -2.32. The molecule has 1 aromatic heterocycles. The van der Waals surface area contributed by atoms with Crippen LogP contribution in [0.3, 0.4) is 0 Å². The fourth-order valence-corrected chi connectivity index (χ4v) is 4.18. The lowest BCUT2D eigenvalue weighted by Crippen LogP contribution is -2.41. The van der Waals surface area contributed by atoms with E-state index in [9.17, 15) is 9.90 Å². The maximum atomic E-state index is 13.1. The van der Waals surface area contributed by atoms with Gasteiger partial charge in [-0.2, -0.15) is 0 Å². The van der Waals surface area contributed by atoms with Crippen LogP contribution < -0.4 is 10.1 Å². The van der Waals surface area contributed by atoms with Crippen LogP contribution in [-0.2, 0) is 4.79 Å². The Balaban J connectivity index is 1.48. The van der Waals surface area contributed by atoms with Crippen molar-refractivity contribution in [3.05, 3.63) is 66.4 Å². The molecule has 1 amide bonds. The Morgan fingerprint density at radius 2 is 2.09 bits per heavy atom. The summed E-state index contributed by atoms with van der Waals surface area (Å²) in [5, 5.41) is 14.9. The predicted molar refractivity (Wildman–Crippen MR) is 126 cm³/mol. The third-order valence-electron chi connectivity index (χ3n) is 6.07. The summed E-state index contributed by atoms with van der Waals surface area (Å²) in [5.41, 5.74) is 2.07. The zero-order chi connectivity index (χ0) is 22.5. The number of carbonyl (C=O) groups excluding carboxylic acids is 1.